The smallest absolute Gasteiger partial charge is 0.254 e. The van der Waals surface area contributed by atoms with Gasteiger partial charge in [-0.2, -0.15) is 5.26 Å². The molecule has 1 fully saturated rings. The molecule has 7 heteroatoms. The number of methoxy groups -OCH3 is 1. The highest BCUT2D eigenvalue weighted by Gasteiger charge is 2.33. The largest absolute Gasteiger partial charge is 0.497 e. The summed E-state index contributed by atoms with van der Waals surface area (Å²) in [4.78, 5) is 13.1. The van der Waals surface area contributed by atoms with Crippen molar-refractivity contribution in [2.75, 3.05) is 25.5 Å². The van der Waals surface area contributed by atoms with Crippen LogP contribution in [0.15, 0.2) is 70.4 Å². The number of piperidine rings is 1. The number of nitrogens with zero attached hydrogens (tertiary/aromatic N) is 1. The second-order valence-corrected chi connectivity index (χ2v) is 8.82. The van der Waals surface area contributed by atoms with Crippen molar-refractivity contribution in [1.29, 1.82) is 5.26 Å². The summed E-state index contributed by atoms with van der Waals surface area (Å²) in [6, 6.07) is 17.1. The average Bonchev–Trinajstić information content (AvgIpc) is 2.86. The van der Waals surface area contributed by atoms with E-state index >= 15 is 0 Å². The highest BCUT2D eigenvalue weighted by molar-refractivity contribution is 7.84. The van der Waals surface area contributed by atoms with Crippen LogP contribution < -0.4 is 20.7 Å². The maximum Gasteiger partial charge on any atom is 0.254 e. The Morgan fingerprint density at radius 1 is 1.06 bits per heavy atom. The van der Waals surface area contributed by atoms with Gasteiger partial charge in [-0.25, -0.2) is 0 Å². The predicted molar refractivity (Wildman–Crippen MR) is 140 cm³/mol. The third-order valence-electron chi connectivity index (χ3n) is 5.87. The summed E-state index contributed by atoms with van der Waals surface area (Å²) in [6.07, 6.45) is 4.22. The number of anilines is 1. The zero-order valence-corrected chi connectivity index (χ0v) is 20.8. The molecule has 0 aromatic heterocycles. The Balaban J connectivity index is 0.000000469. The second kappa shape index (κ2) is 12.3. The summed E-state index contributed by atoms with van der Waals surface area (Å²) >= 11 is 4.42. The van der Waals surface area contributed by atoms with Gasteiger partial charge in [0.2, 0.25) is 0 Å². The van der Waals surface area contributed by atoms with E-state index in [1.807, 2.05) is 62.4 Å². The normalized spacial score (nSPS) is 17.7. The molecule has 6 nitrogen and oxygen atoms in total. The Bertz CT molecular complexity index is 1080. The third-order valence-corrected chi connectivity index (χ3v) is 6.23. The molecule has 3 N–H and O–H groups in total. The summed E-state index contributed by atoms with van der Waals surface area (Å²) in [5, 5.41) is 19.4. The first-order chi connectivity index (χ1) is 16.4. The standard InChI is InChI=1S/C22H21N3O2S.C5H11N/c1-13-4-8-16(9-5-13)25-21(26)19-14(2)24-22(28)18(12-23)20(19)15-6-10-17(27-3)11-7-15;1-2-4-6-5-3-1/h4-11,20,24,28H,1-3H3,(H,25,26);6H,1-5H2. The number of ether oxygens (including phenoxy) is 1. The van der Waals surface area contributed by atoms with Crippen LogP contribution in [-0.2, 0) is 4.79 Å². The molecule has 2 aromatic carbocycles. The van der Waals surface area contributed by atoms with E-state index in [-0.39, 0.29) is 5.91 Å². The van der Waals surface area contributed by atoms with Crippen molar-refractivity contribution in [3.8, 4) is 11.8 Å². The molecule has 2 aromatic rings. The van der Waals surface area contributed by atoms with Crippen molar-refractivity contribution in [3.05, 3.63) is 81.5 Å². The monoisotopic (exact) mass is 476 g/mol. The Labute approximate surface area is 207 Å². The van der Waals surface area contributed by atoms with Crippen molar-refractivity contribution < 1.29 is 9.53 Å². The van der Waals surface area contributed by atoms with Crippen molar-refractivity contribution in [3.63, 3.8) is 0 Å². The van der Waals surface area contributed by atoms with Crippen LogP contribution in [0.1, 0.15) is 43.2 Å². The molecule has 0 aliphatic carbocycles. The lowest BCUT2D eigenvalue weighted by atomic mass is 9.82. The van der Waals surface area contributed by atoms with Crippen LogP contribution in [-0.4, -0.2) is 26.1 Å². The number of allylic oxidation sites excluding steroid dienone is 2. The molecule has 2 aliphatic rings. The first kappa shape index (κ1) is 25.4. The van der Waals surface area contributed by atoms with Gasteiger partial charge in [0, 0.05) is 17.0 Å². The van der Waals surface area contributed by atoms with Gasteiger partial charge in [0.05, 0.1) is 29.7 Å². The fourth-order valence-electron chi connectivity index (χ4n) is 4.00. The number of hydrogen-bond acceptors (Lipinski definition) is 6. The number of nitrogens with one attached hydrogen (secondary N) is 3. The van der Waals surface area contributed by atoms with Gasteiger partial charge in [0.15, 0.2) is 0 Å². The number of nitriles is 1. The minimum atomic E-state index is -0.518. The molecule has 1 amide bonds. The average molecular weight is 477 g/mol. The van der Waals surface area contributed by atoms with E-state index in [0.29, 0.717) is 33.3 Å². The number of aryl methyl sites for hydroxylation is 1. The van der Waals surface area contributed by atoms with Gasteiger partial charge in [-0.05, 0) is 69.6 Å². The number of amides is 1. The summed E-state index contributed by atoms with van der Waals surface area (Å²) in [5.74, 6) is -0.0732. The van der Waals surface area contributed by atoms with Crippen LogP contribution in [0.4, 0.5) is 5.69 Å². The van der Waals surface area contributed by atoms with Crippen molar-refractivity contribution in [2.24, 2.45) is 0 Å². The zero-order valence-electron chi connectivity index (χ0n) is 19.9. The molecule has 0 bridgehead atoms. The lowest BCUT2D eigenvalue weighted by Gasteiger charge is -2.28. The van der Waals surface area contributed by atoms with Gasteiger partial charge in [-0.3, -0.25) is 4.79 Å². The molecular formula is C27H32N4O2S. The fourth-order valence-corrected chi connectivity index (χ4v) is 4.34. The first-order valence-electron chi connectivity index (χ1n) is 11.5. The number of dihydropyridines is 1. The minimum Gasteiger partial charge on any atom is -0.497 e. The first-order valence-corrected chi connectivity index (χ1v) is 11.9. The maximum atomic E-state index is 13.1. The number of carbonyl (C=O) groups excluding carboxylic acids is 1. The van der Waals surface area contributed by atoms with Crippen molar-refractivity contribution in [1.82, 2.24) is 10.6 Å². The van der Waals surface area contributed by atoms with E-state index in [0.717, 1.165) is 11.1 Å². The third kappa shape index (κ3) is 6.43. The van der Waals surface area contributed by atoms with Crippen molar-refractivity contribution >= 4 is 24.2 Å². The van der Waals surface area contributed by atoms with E-state index < -0.39 is 5.92 Å². The van der Waals surface area contributed by atoms with Gasteiger partial charge in [-0.15, -0.1) is 12.6 Å². The van der Waals surface area contributed by atoms with E-state index in [9.17, 15) is 10.1 Å². The Morgan fingerprint density at radius 3 is 2.21 bits per heavy atom. The lowest BCUT2D eigenvalue weighted by Crippen LogP contribution is -2.30. The van der Waals surface area contributed by atoms with Crippen LogP contribution >= 0.6 is 12.6 Å². The second-order valence-electron chi connectivity index (χ2n) is 8.37. The van der Waals surface area contributed by atoms with Crippen LogP contribution in [0.3, 0.4) is 0 Å². The summed E-state index contributed by atoms with van der Waals surface area (Å²) < 4.78 is 5.22. The summed E-state index contributed by atoms with van der Waals surface area (Å²) in [5.41, 5.74) is 4.17. The summed E-state index contributed by atoms with van der Waals surface area (Å²) in [7, 11) is 1.59. The molecule has 0 spiro atoms. The van der Waals surface area contributed by atoms with E-state index in [1.54, 1.807) is 7.11 Å². The molecule has 1 atom stereocenters. The maximum absolute atomic E-state index is 13.1. The molecule has 1 unspecified atom stereocenters. The zero-order chi connectivity index (χ0) is 24.5. The molecule has 0 radical (unpaired) electrons. The van der Waals surface area contributed by atoms with Gasteiger partial charge in [0.1, 0.15) is 5.75 Å². The van der Waals surface area contributed by atoms with E-state index in [1.165, 1.54) is 32.4 Å². The highest BCUT2D eigenvalue weighted by Crippen LogP contribution is 2.39. The Hall–Kier alpha value is -3.21. The minimum absolute atomic E-state index is 0.261. The number of benzene rings is 2. The lowest BCUT2D eigenvalue weighted by molar-refractivity contribution is -0.113. The van der Waals surface area contributed by atoms with Crippen LogP contribution in [0.5, 0.6) is 5.75 Å². The molecule has 2 aliphatic heterocycles. The number of thiol groups is 1. The van der Waals surface area contributed by atoms with Crippen LogP contribution in [0, 0.1) is 18.3 Å². The Kier molecular flexibility index (Phi) is 9.20. The molecule has 34 heavy (non-hydrogen) atoms. The topological polar surface area (TPSA) is 86.2 Å². The van der Waals surface area contributed by atoms with Gasteiger partial charge in [0.25, 0.3) is 5.91 Å². The van der Waals surface area contributed by atoms with Gasteiger partial charge < -0.3 is 20.7 Å². The fraction of sp³-hybridized carbons (Fsp3) is 0.333. The van der Waals surface area contributed by atoms with Crippen molar-refractivity contribution in [2.45, 2.75) is 39.0 Å². The van der Waals surface area contributed by atoms with Gasteiger partial charge >= 0.3 is 0 Å². The highest BCUT2D eigenvalue weighted by atomic mass is 32.1. The molecule has 4 rings (SSSR count). The predicted octanol–water partition coefficient (Wildman–Crippen LogP) is 5.03. The molecule has 178 valence electrons. The van der Waals surface area contributed by atoms with E-state index in [4.69, 9.17) is 4.74 Å². The Morgan fingerprint density at radius 2 is 1.71 bits per heavy atom. The van der Waals surface area contributed by atoms with Crippen LogP contribution in [0.2, 0.25) is 0 Å². The van der Waals surface area contributed by atoms with Crippen LogP contribution in [0.25, 0.3) is 0 Å². The molecular weight excluding hydrogens is 444 g/mol. The molecule has 1 saturated heterocycles. The van der Waals surface area contributed by atoms with Gasteiger partial charge in [-0.1, -0.05) is 36.2 Å². The van der Waals surface area contributed by atoms with E-state index in [2.05, 4.69) is 34.6 Å². The number of rotatable bonds is 4. The number of hydrogen-bond donors (Lipinski definition) is 4. The SMILES string of the molecule is C1CCNCC1.COc1ccc(C2C(C#N)=C(S)NC(C)=C2C(=O)Nc2ccc(C)cc2)cc1. The quantitative estimate of drug-likeness (QED) is 0.465. The molecule has 2 heterocycles. The molecule has 0 saturated carbocycles. The number of carbonyl (C=O) groups is 1. The summed E-state index contributed by atoms with van der Waals surface area (Å²) in [6.45, 7) is 6.30.